The Morgan fingerprint density at radius 3 is 1.57 bits per heavy atom. The maximum atomic E-state index is 2.30. The van der Waals surface area contributed by atoms with E-state index in [2.05, 4.69) is 62.4 Å². The van der Waals surface area contributed by atoms with Crippen LogP contribution in [0.2, 0.25) is 0 Å². The van der Waals surface area contributed by atoms with Crippen LogP contribution in [0.3, 0.4) is 0 Å². The molecule has 0 aromatic heterocycles. The summed E-state index contributed by atoms with van der Waals surface area (Å²) in [5.41, 5.74) is 9.08. The van der Waals surface area contributed by atoms with Crippen LogP contribution in [0.4, 0.5) is 0 Å². The van der Waals surface area contributed by atoms with Crippen LogP contribution in [0, 0.1) is 0 Å². The van der Waals surface area contributed by atoms with E-state index in [9.17, 15) is 0 Å². The third kappa shape index (κ3) is 2.04. The van der Waals surface area contributed by atoms with Crippen LogP contribution in [0.15, 0.2) is 59.7 Å². The van der Waals surface area contributed by atoms with E-state index in [4.69, 9.17) is 0 Å². The lowest BCUT2D eigenvalue weighted by molar-refractivity contribution is 1.19. The normalized spacial score (nSPS) is 16.5. The van der Waals surface area contributed by atoms with E-state index in [0.717, 1.165) is 22.4 Å². The third-order valence-electron chi connectivity index (χ3n) is 4.59. The molecule has 1 heteroatoms. The Hall–Kier alpha value is -1.86. The van der Waals surface area contributed by atoms with Crippen molar-refractivity contribution >= 4 is 19.9 Å². The van der Waals surface area contributed by atoms with Crippen molar-refractivity contribution in [2.75, 3.05) is 0 Å². The van der Waals surface area contributed by atoms with Crippen LogP contribution in [-0.2, 0) is 12.8 Å². The van der Waals surface area contributed by atoms with Gasteiger partial charge in [-0.15, -0.1) is 0 Å². The van der Waals surface area contributed by atoms with Gasteiger partial charge in [-0.3, -0.25) is 0 Å². The predicted octanol–water partition coefficient (Wildman–Crippen LogP) is 4.67. The van der Waals surface area contributed by atoms with Gasteiger partial charge in [-0.1, -0.05) is 70.1 Å². The fraction of sp³-hybridized carbons (Fsp3) is 0.200. The molecule has 0 amide bonds. The van der Waals surface area contributed by atoms with Crippen molar-refractivity contribution in [3.63, 3.8) is 0 Å². The number of benzene rings is 2. The Kier molecular flexibility index (Phi) is 2.97. The molecule has 0 unspecified atom stereocenters. The minimum atomic E-state index is 0.793. The molecule has 102 valence electrons. The highest BCUT2D eigenvalue weighted by Gasteiger charge is 2.24. The molecular weight excluding hydrogens is 268 g/mol. The molecule has 0 fully saturated rings. The van der Waals surface area contributed by atoms with Crippen molar-refractivity contribution < 1.29 is 0 Å². The first-order valence-corrected chi connectivity index (χ1v) is 8.57. The summed E-state index contributed by atoms with van der Waals surface area (Å²) in [6.07, 6.45) is 2.26. The SMILES string of the molecule is CC1=C([Si]C2=C(C)Cc3ccccc32)c2ccccc2C1. The van der Waals surface area contributed by atoms with E-state index in [1.54, 1.807) is 21.5 Å². The van der Waals surface area contributed by atoms with Gasteiger partial charge in [-0.25, -0.2) is 0 Å². The quantitative estimate of drug-likeness (QED) is 0.704. The average Bonchev–Trinajstić information content (AvgIpc) is 2.97. The summed E-state index contributed by atoms with van der Waals surface area (Å²) >= 11 is 0. The first kappa shape index (κ1) is 12.8. The zero-order valence-corrected chi connectivity index (χ0v) is 13.5. The molecular formula is C20H18Si. The second-order valence-corrected chi connectivity index (χ2v) is 7.35. The Bertz CT molecular complexity index is 725. The number of hydrogen-bond acceptors (Lipinski definition) is 0. The molecule has 2 aliphatic rings. The second-order valence-electron chi connectivity index (χ2n) is 6.10. The molecule has 0 aliphatic heterocycles. The van der Waals surface area contributed by atoms with Crippen molar-refractivity contribution in [1.29, 1.82) is 0 Å². The fourth-order valence-corrected chi connectivity index (χ4v) is 5.13. The number of allylic oxidation sites excluding steroid dienone is 2. The largest absolute Gasteiger partial charge is 0.123 e. The summed E-state index contributed by atoms with van der Waals surface area (Å²) in [5, 5.41) is 3.16. The van der Waals surface area contributed by atoms with Crippen molar-refractivity contribution in [3.8, 4) is 0 Å². The van der Waals surface area contributed by atoms with Gasteiger partial charge >= 0.3 is 0 Å². The van der Waals surface area contributed by atoms with E-state index in [1.807, 2.05) is 0 Å². The molecule has 2 radical (unpaired) electrons. The number of hydrogen-bond donors (Lipinski definition) is 0. The molecule has 0 spiro atoms. The highest BCUT2D eigenvalue weighted by molar-refractivity contribution is 6.79. The van der Waals surface area contributed by atoms with Gasteiger partial charge in [0, 0.05) is 0 Å². The summed E-state index contributed by atoms with van der Waals surface area (Å²) < 4.78 is 0. The van der Waals surface area contributed by atoms with Gasteiger partial charge in [0.25, 0.3) is 0 Å². The molecule has 0 heterocycles. The zero-order chi connectivity index (χ0) is 14.4. The molecule has 21 heavy (non-hydrogen) atoms. The van der Waals surface area contributed by atoms with Crippen molar-refractivity contribution in [1.82, 2.24) is 0 Å². The summed E-state index contributed by atoms with van der Waals surface area (Å²) in [6.45, 7) is 4.61. The Balaban J connectivity index is 1.75. The van der Waals surface area contributed by atoms with Crippen LogP contribution in [-0.4, -0.2) is 9.52 Å². The Labute approximate surface area is 129 Å². The molecule has 0 nitrogen and oxygen atoms in total. The molecule has 4 rings (SSSR count). The monoisotopic (exact) mass is 286 g/mol. The number of fused-ring (bicyclic) bond motifs is 2. The predicted molar refractivity (Wildman–Crippen MR) is 91.2 cm³/mol. The lowest BCUT2D eigenvalue weighted by Crippen LogP contribution is -2.00. The van der Waals surface area contributed by atoms with Gasteiger partial charge in [0.15, 0.2) is 0 Å². The summed E-state index contributed by atoms with van der Waals surface area (Å²) in [4.78, 5) is 0. The standard InChI is InChI=1S/C20H18Si/c1-13-11-15-7-3-5-9-17(15)19(13)21-20-14(2)12-16-8-4-6-10-18(16)20/h3-10H,11-12H2,1-2H3. The van der Waals surface area contributed by atoms with Gasteiger partial charge in [-0.2, -0.15) is 0 Å². The maximum absolute atomic E-state index is 2.30. The van der Waals surface area contributed by atoms with Gasteiger partial charge < -0.3 is 0 Å². The lowest BCUT2D eigenvalue weighted by Gasteiger charge is -2.10. The van der Waals surface area contributed by atoms with Crippen molar-refractivity contribution in [3.05, 3.63) is 81.9 Å². The molecule has 0 saturated heterocycles. The number of rotatable bonds is 2. The zero-order valence-electron chi connectivity index (χ0n) is 12.5. The molecule has 0 atom stereocenters. The molecule has 0 N–H and O–H groups in total. The van der Waals surface area contributed by atoms with Crippen molar-refractivity contribution in [2.45, 2.75) is 26.7 Å². The molecule has 0 saturated carbocycles. The van der Waals surface area contributed by atoms with E-state index < -0.39 is 0 Å². The van der Waals surface area contributed by atoms with Gasteiger partial charge in [0.05, 0.1) is 0 Å². The summed E-state index contributed by atoms with van der Waals surface area (Å²) in [7, 11) is 0.793. The van der Waals surface area contributed by atoms with E-state index in [-0.39, 0.29) is 0 Å². The molecule has 2 aromatic carbocycles. The van der Waals surface area contributed by atoms with Crippen LogP contribution in [0.1, 0.15) is 36.1 Å². The van der Waals surface area contributed by atoms with Gasteiger partial charge in [0.2, 0.25) is 0 Å². The van der Waals surface area contributed by atoms with Gasteiger partial charge in [-0.05, 0) is 48.9 Å². The van der Waals surface area contributed by atoms with E-state index in [0.29, 0.717) is 0 Å². The van der Waals surface area contributed by atoms with Crippen LogP contribution < -0.4 is 0 Å². The lowest BCUT2D eigenvalue weighted by atomic mass is 10.1. The fourth-order valence-electron chi connectivity index (χ4n) is 3.52. The first-order chi connectivity index (χ1) is 10.2. The molecule has 2 aromatic rings. The first-order valence-electron chi connectivity index (χ1n) is 7.57. The van der Waals surface area contributed by atoms with Crippen LogP contribution in [0.25, 0.3) is 10.4 Å². The minimum absolute atomic E-state index is 0.793. The molecule has 0 bridgehead atoms. The van der Waals surface area contributed by atoms with Crippen LogP contribution >= 0.6 is 0 Å². The molecule has 2 aliphatic carbocycles. The van der Waals surface area contributed by atoms with E-state index in [1.165, 1.54) is 22.3 Å². The topological polar surface area (TPSA) is 0 Å². The second kappa shape index (κ2) is 4.85. The third-order valence-corrected chi connectivity index (χ3v) is 6.48. The van der Waals surface area contributed by atoms with Crippen molar-refractivity contribution in [2.24, 2.45) is 0 Å². The van der Waals surface area contributed by atoms with Crippen LogP contribution in [0.5, 0.6) is 0 Å². The summed E-state index contributed by atoms with van der Waals surface area (Å²) in [5.74, 6) is 0. The Morgan fingerprint density at radius 1 is 0.667 bits per heavy atom. The Morgan fingerprint density at radius 2 is 1.10 bits per heavy atom. The minimum Gasteiger partial charge on any atom is -0.0691 e. The van der Waals surface area contributed by atoms with E-state index >= 15 is 0 Å². The van der Waals surface area contributed by atoms with Gasteiger partial charge in [0.1, 0.15) is 9.52 Å². The highest BCUT2D eigenvalue weighted by Crippen LogP contribution is 2.38. The summed E-state index contributed by atoms with van der Waals surface area (Å²) in [6, 6.07) is 17.8. The smallest absolute Gasteiger partial charge is 0.0691 e. The average molecular weight is 286 g/mol. The highest BCUT2D eigenvalue weighted by atomic mass is 28.2. The maximum Gasteiger partial charge on any atom is 0.123 e.